The minimum Gasteiger partial charge on any atom is -0.495 e. The molecule has 9 nitrogen and oxygen atoms in total. The van der Waals surface area contributed by atoms with Gasteiger partial charge in [0.05, 0.1) is 30.1 Å². The third-order valence-electron chi connectivity index (χ3n) is 6.06. The number of aliphatic imine (C=N–C) groups is 1. The van der Waals surface area contributed by atoms with Crippen molar-refractivity contribution in [3.8, 4) is 5.75 Å². The number of ketones is 1. The minimum atomic E-state index is -0.783. The number of fused-ring (bicyclic) bond motifs is 3. The second kappa shape index (κ2) is 8.18. The van der Waals surface area contributed by atoms with E-state index in [1.807, 2.05) is 47.5 Å². The number of nitrogens with zero attached hydrogens (tertiary/aromatic N) is 5. The standard InChI is InChI=1S/C24H22ClN5O4/c1-14(31)12-29-22(32)20-21(27(2)24(29)33)26-23-28(20)13-18(15-7-5-4-6-8-15)30(23)16-9-10-19(34-3)17(25)11-16/h4-11,13,20-21H,12H2,1-3H3. The molecule has 10 heteroatoms. The number of amides is 3. The first-order chi connectivity index (χ1) is 16.3. The van der Waals surface area contributed by atoms with Crippen LogP contribution in [0.1, 0.15) is 12.5 Å². The fourth-order valence-corrected chi connectivity index (χ4v) is 4.72. The molecule has 1 fully saturated rings. The molecule has 0 radical (unpaired) electrons. The molecule has 174 valence electrons. The lowest BCUT2D eigenvalue weighted by Crippen LogP contribution is -2.64. The molecule has 2 unspecified atom stereocenters. The predicted octanol–water partition coefficient (Wildman–Crippen LogP) is 3.02. The number of urea groups is 1. The van der Waals surface area contributed by atoms with Crippen molar-refractivity contribution in [2.75, 3.05) is 25.6 Å². The predicted molar refractivity (Wildman–Crippen MR) is 127 cm³/mol. The second-order valence-corrected chi connectivity index (χ2v) is 8.66. The summed E-state index contributed by atoms with van der Waals surface area (Å²) in [5.74, 6) is 0.298. The highest BCUT2D eigenvalue weighted by atomic mass is 35.5. The van der Waals surface area contributed by atoms with Crippen LogP contribution in [0.15, 0.2) is 59.7 Å². The molecule has 0 aliphatic carbocycles. The van der Waals surface area contributed by atoms with Crippen molar-refractivity contribution in [3.63, 3.8) is 0 Å². The van der Waals surface area contributed by atoms with Crippen LogP contribution in [0.2, 0.25) is 5.02 Å². The highest BCUT2D eigenvalue weighted by Gasteiger charge is 2.55. The molecule has 0 spiro atoms. The quantitative estimate of drug-likeness (QED) is 0.655. The van der Waals surface area contributed by atoms with Crippen LogP contribution in [0.3, 0.4) is 0 Å². The normalized spacial score (nSPS) is 21.4. The van der Waals surface area contributed by atoms with Gasteiger partial charge in [0.25, 0.3) is 5.91 Å². The molecule has 5 rings (SSSR count). The number of methoxy groups -OCH3 is 1. The molecule has 2 atom stereocenters. The number of anilines is 1. The van der Waals surface area contributed by atoms with Crippen LogP contribution in [0.4, 0.5) is 10.5 Å². The Bertz CT molecular complexity index is 1260. The van der Waals surface area contributed by atoms with Gasteiger partial charge in [0, 0.05) is 18.8 Å². The van der Waals surface area contributed by atoms with Gasteiger partial charge < -0.3 is 9.64 Å². The van der Waals surface area contributed by atoms with E-state index in [1.54, 1.807) is 31.2 Å². The maximum atomic E-state index is 13.4. The Labute approximate surface area is 201 Å². The Morgan fingerprint density at radius 1 is 1.15 bits per heavy atom. The van der Waals surface area contributed by atoms with Crippen molar-refractivity contribution in [2.24, 2.45) is 4.99 Å². The number of Topliss-reactive ketones (excluding diaryl/α,β-unsaturated/α-hetero) is 1. The Morgan fingerprint density at radius 3 is 2.53 bits per heavy atom. The average Bonchev–Trinajstić information content (AvgIpc) is 3.37. The second-order valence-electron chi connectivity index (χ2n) is 8.25. The van der Waals surface area contributed by atoms with Crippen LogP contribution in [0, 0.1) is 0 Å². The Balaban J connectivity index is 1.62. The Morgan fingerprint density at radius 2 is 1.88 bits per heavy atom. The zero-order valence-electron chi connectivity index (χ0n) is 18.8. The van der Waals surface area contributed by atoms with Crippen molar-refractivity contribution in [2.45, 2.75) is 19.1 Å². The molecule has 34 heavy (non-hydrogen) atoms. The van der Waals surface area contributed by atoms with Gasteiger partial charge in [0.1, 0.15) is 11.5 Å². The number of imide groups is 1. The van der Waals surface area contributed by atoms with E-state index in [0.717, 1.165) is 21.8 Å². The lowest BCUT2D eigenvalue weighted by molar-refractivity contribution is -0.139. The number of ether oxygens (including phenoxy) is 1. The highest BCUT2D eigenvalue weighted by Crippen LogP contribution is 2.41. The number of benzene rings is 2. The van der Waals surface area contributed by atoms with Crippen LogP contribution in [0.5, 0.6) is 5.75 Å². The third-order valence-corrected chi connectivity index (χ3v) is 6.35. The summed E-state index contributed by atoms with van der Waals surface area (Å²) in [6.07, 6.45) is 1.13. The van der Waals surface area contributed by atoms with Gasteiger partial charge >= 0.3 is 6.03 Å². The third kappa shape index (κ3) is 3.31. The largest absolute Gasteiger partial charge is 0.495 e. The fraction of sp³-hybridized carbons (Fsp3) is 0.250. The van der Waals surface area contributed by atoms with E-state index >= 15 is 0 Å². The van der Waals surface area contributed by atoms with E-state index < -0.39 is 24.1 Å². The highest BCUT2D eigenvalue weighted by molar-refractivity contribution is 6.32. The first kappa shape index (κ1) is 22.0. The number of rotatable bonds is 5. The first-order valence-corrected chi connectivity index (χ1v) is 11.0. The van der Waals surface area contributed by atoms with Crippen molar-refractivity contribution in [3.05, 3.63) is 65.3 Å². The summed E-state index contributed by atoms with van der Waals surface area (Å²) in [6.45, 7) is 1.07. The van der Waals surface area contributed by atoms with Crippen molar-refractivity contribution >= 4 is 46.7 Å². The molecule has 2 aromatic carbocycles. The summed E-state index contributed by atoms with van der Waals surface area (Å²) in [6, 6.07) is 13.8. The number of halogens is 1. The molecular formula is C24H22ClN5O4. The SMILES string of the molecule is COc1ccc(N2C(c3ccccc3)=CN3C2=NC2C3C(=O)N(CC(C)=O)C(=O)N2C)cc1Cl. The van der Waals surface area contributed by atoms with E-state index in [0.29, 0.717) is 16.7 Å². The molecule has 3 amide bonds. The summed E-state index contributed by atoms with van der Waals surface area (Å²) >= 11 is 6.43. The molecule has 0 aromatic heterocycles. The van der Waals surface area contributed by atoms with Crippen LogP contribution in [-0.2, 0) is 9.59 Å². The Kier molecular flexibility index (Phi) is 5.28. The van der Waals surface area contributed by atoms with Gasteiger partial charge in [0.15, 0.2) is 12.2 Å². The van der Waals surface area contributed by atoms with Gasteiger partial charge in [-0.3, -0.25) is 24.3 Å². The molecule has 2 aromatic rings. The fourth-order valence-electron chi connectivity index (χ4n) is 4.46. The van der Waals surface area contributed by atoms with E-state index in [1.165, 1.54) is 11.8 Å². The molecule has 1 saturated heterocycles. The maximum Gasteiger partial charge on any atom is 0.328 e. The van der Waals surface area contributed by atoms with E-state index in [-0.39, 0.29) is 12.3 Å². The van der Waals surface area contributed by atoms with E-state index in [4.69, 9.17) is 21.3 Å². The smallest absolute Gasteiger partial charge is 0.328 e. The lowest BCUT2D eigenvalue weighted by atomic mass is 10.1. The van der Waals surface area contributed by atoms with Gasteiger partial charge in [-0.15, -0.1) is 0 Å². The van der Waals surface area contributed by atoms with E-state index in [9.17, 15) is 14.4 Å². The van der Waals surface area contributed by atoms with Crippen molar-refractivity contribution in [1.29, 1.82) is 0 Å². The van der Waals surface area contributed by atoms with Gasteiger partial charge in [0.2, 0.25) is 5.96 Å². The van der Waals surface area contributed by atoms with Gasteiger partial charge in [-0.25, -0.2) is 9.79 Å². The van der Waals surface area contributed by atoms with Crippen LogP contribution in [-0.4, -0.2) is 71.3 Å². The summed E-state index contributed by atoms with van der Waals surface area (Å²) in [5.41, 5.74) is 2.43. The molecule has 3 heterocycles. The zero-order chi connectivity index (χ0) is 24.1. The van der Waals surface area contributed by atoms with Gasteiger partial charge in [-0.2, -0.15) is 0 Å². The average molecular weight is 480 g/mol. The maximum absolute atomic E-state index is 13.4. The monoisotopic (exact) mass is 479 g/mol. The number of guanidine groups is 1. The number of carbonyl (C=O) groups excluding carboxylic acids is 3. The number of carbonyl (C=O) groups is 3. The van der Waals surface area contributed by atoms with Crippen LogP contribution in [0.25, 0.3) is 5.70 Å². The van der Waals surface area contributed by atoms with Gasteiger partial charge in [-0.1, -0.05) is 41.9 Å². The summed E-state index contributed by atoms with van der Waals surface area (Å²) in [7, 11) is 3.13. The number of hydrogen-bond acceptors (Lipinski definition) is 7. The molecule has 3 aliphatic rings. The summed E-state index contributed by atoms with van der Waals surface area (Å²) < 4.78 is 5.29. The Hall–Kier alpha value is -3.85. The first-order valence-electron chi connectivity index (χ1n) is 10.7. The molecule has 3 aliphatic heterocycles. The lowest BCUT2D eigenvalue weighted by Gasteiger charge is -2.39. The summed E-state index contributed by atoms with van der Waals surface area (Å²) in [4.78, 5) is 48.8. The van der Waals surface area contributed by atoms with Crippen molar-refractivity contribution in [1.82, 2.24) is 14.7 Å². The van der Waals surface area contributed by atoms with Crippen molar-refractivity contribution < 1.29 is 19.1 Å². The molecule has 0 bridgehead atoms. The number of likely N-dealkylation sites (N-methyl/N-ethyl adjacent to an activating group) is 1. The zero-order valence-corrected chi connectivity index (χ0v) is 19.6. The molecule has 0 saturated carbocycles. The molecular weight excluding hydrogens is 458 g/mol. The summed E-state index contributed by atoms with van der Waals surface area (Å²) in [5, 5.41) is 0.429. The van der Waals surface area contributed by atoms with Crippen LogP contribution < -0.4 is 9.64 Å². The topological polar surface area (TPSA) is 85.8 Å². The molecule has 0 N–H and O–H groups in total. The van der Waals surface area contributed by atoms with Gasteiger partial charge in [-0.05, 0) is 25.1 Å². The minimum absolute atomic E-state index is 0.274. The van der Waals surface area contributed by atoms with E-state index in [2.05, 4.69) is 0 Å². The number of hydrogen-bond donors (Lipinski definition) is 0. The van der Waals surface area contributed by atoms with Crippen LogP contribution >= 0.6 is 11.6 Å².